The van der Waals surface area contributed by atoms with E-state index in [4.69, 9.17) is 10.8 Å². The minimum Gasteiger partial charge on any atom is -0.477 e. The maximum Gasteiger partial charge on any atom is 0.354 e. The molecule has 0 fully saturated rings. The van der Waals surface area contributed by atoms with E-state index in [1.165, 1.54) is 16.8 Å². The second-order valence-corrected chi connectivity index (χ2v) is 3.13. The molecule has 0 unspecified atom stereocenters. The summed E-state index contributed by atoms with van der Waals surface area (Å²) < 4.78 is 1.23. The van der Waals surface area contributed by atoms with Crippen molar-refractivity contribution in [1.29, 1.82) is 0 Å². The number of fused-ring (bicyclic) bond motifs is 1. The Kier molecular flexibility index (Phi) is 2.03. The number of rotatable bonds is 2. The highest BCUT2D eigenvalue weighted by Crippen LogP contribution is 2.14. The van der Waals surface area contributed by atoms with E-state index in [1.807, 2.05) is 6.92 Å². The van der Waals surface area contributed by atoms with E-state index < -0.39 is 5.97 Å². The number of nitrogen functional groups attached to an aromatic ring is 1. The molecule has 0 aliphatic rings. The predicted molar refractivity (Wildman–Crippen MR) is 53.7 cm³/mol. The van der Waals surface area contributed by atoms with E-state index >= 15 is 0 Å². The van der Waals surface area contributed by atoms with Gasteiger partial charge in [0.25, 0.3) is 0 Å². The Morgan fingerprint density at radius 2 is 2.40 bits per heavy atom. The lowest BCUT2D eigenvalue weighted by Crippen LogP contribution is -2.09. The average molecular weight is 206 g/mol. The molecule has 2 heterocycles. The van der Waals surface area contributed by atoms with Crippen LogP contribution in [-0.4, -0.2) is 25.7 Å². The van der Waals surface area contributed by atoms with Crippen molar-refractivity contribution < 1.29 is 9.90 Å². The SMILES string of the molecule is CCc1cc(C(=O)O)n2ncc(N)c2n1. The molecule has 0 bridgehead atoms. The van der Waals surface area contributed by atoms with E-state index in [-0.39, 0.29) is 5.69 Å². The molecule has 0 aromatic carbocycles. The summed E-state index contributed by atoms with van der Waals surface area (Å²) in [5.41, 5.74) is 7.17. The monoisotopic (exact) mass is 206 g/mol. The van der Waals surface area contributed by atoms with E-state index in [1.54, 1.807) is 0 Å². The van der Waals surface area contributed by atoms with Crippen LogP contribution in [-0.2, 0) is 6.42 Å². The molecule has 0 spiro atoms. The number of nitrogens with two attached hydrogens (primary N) is 1. The summed E-state index contributed by atoms with van der Waals surface area (Å²) in [6, 6.07) is 1.50. The third-order valence-corrected chi connectivity index (χ3v) is 2.13. The summed E-state index contributed by atoms with van der Waals surface area (Å²) in [4.78, 5) is 15.2. The summed E-state index contributed by atoms with van der Waals surface area (Å²) in [6.07, 6.45) is 2.05. The first-order valence-corrected chi connectivity index (χ1v) is 4.50. The zero-order valence-corrected chi connectivity index (χ0v) is 8.14. The highest BCUT2D eigenvalue weighted by atomic mass is 16.4. The molecular weight excluding hydrogens is 196 g/mol. The normalized spacial score (nSPS) is 10.7. The second kappa shape index (κ2) is 3.23. The van der Waals surface area contributed by atoms with Gasteiger partial charge >= 0.3 is 5.97 Å². The molecule has 0 amide bonds. The number of carboxylic acid groups (broad SMARTS) is 1. The van der Waals surface area contributed by atoms with Crippen molar-refractivity contribution in [2.75, 3.05) is 5.73 Å². The maximum absolute atomic E-state index is 11.0. The minimum absolute atomic E-state index is 0.0774. The number of anilines is 1. The molecular formula is C9H10N4O2. The lowest BCUT2D eigenvalue weighted by molar-refractivity contribution is 0.0687. The molecule has 78 valence electrons. The van der Waals surface area contributed by atoms with Gasteiger partial charge in [0.05, 0.1) is 11.9 Å². The fraction of sp³-hybridized carbons (Fsp3) is 0.222. The lowest BCUT2D eigenvalue weighted by atomic mass is 10.2. The van der Waals surface area contributed by atoms with Gasteiger partial charge in [0.1, 0.15) is 0 Å². The van der Waals surface area contributed by atoms with Crippen LogP contribution in [0.1, 0.15) is 23.1 Å². The van der Waals surface area contributed by atoms with Crippen LogP contribution in [0.15, 0.2) is 12.3 Å². The Labute approximate surface area is 85.3 Å². The molecule has 2 aromatic heterocycles. The van der Waals surface area contributed by atoms with Gasteiger partial charge in [-0.3, -0.25) is 0 Å². The van der Waals surface area contributed by atoms with Crippen LogP contribution in [0, 0.1) is 0 Å². The summed E-state index contributed by atoms with van der Waals surface area (Å²) in [7, 11) is 0. The smallest absolute Gasteiger partial charge is 0.354 e. The first-order chi connectivity index (χ1) is 7.13. The molecule has 0 saturated carbocycles. The van der Waals surface area contributed by atoms with E-state index in [9.17, 15) is 4.79 Å². The number of aromatic nitrogens is 3. The van der Waals surface area contributed by atoms with Crippen molar-refractivity contribution in [3.05, 3.63) is 23.7 Å². The highest BCUT2D eigenvalue weighted by molar-refractivity contribution is 5.87. The number of carboxylic acids is 1. The van der Waals surface area contributed by atoms with Gasteiger partial charge < -0.3 is 10.8 Å². The standard InChI is InChI=1S/C9H10N4O2/c1-2-5-3-7(9(14)15)13-8(12-5)6(10)4-11-13/h3-4H,2,10H2,1H3,(H,14,15). The zero-order valence-electron chi connectivity index (χ0n) is 8.14. The number of aryl methyl sites for hydroxylation is 1. The molecule has 15 heavy (non-hydrogen) atoms. The van der Waals surface area contributed by atoms with Crippen molar-refractivity contribution in [1.82, 2.24) is 14.6 Å². The zero-order chi connectivity index (χ0) is 11.0. The van der Waals surface area contributed by atoms with Crippen LogP contribution in [0.5, 0.6) is 0 Å². The van der Waals surface area contributed by atoms with Gasteiger partial charge in [-0.05, 0) is 12.5 Å². The molecule has 0 aliphatic carbocycles. The lowest BCUT2D eigenvalue weighted by Gasteiger charge is -2.02. The summed E-state index contributed by atoms with van der Waals surface area (Å²) in [6.45, 7) is 1.90. The van der Waals surface area contributed by atoms with E-state index in [2.05, 4.69) is 10.1 Å². The Bertz CT molecular complexity index is 532. The maximum atomic E-state index is 11.0. The molecule has 0 saturated heterocycles. The molecule has 0 aliphatic heterocycles. The predicted octanol–water partition coefficient (Wildman–Crippen LogP) is 0.572. The number of hydrogen-bond donors (Lipinski definition) is 2. The van der Waals surface area contributed by atoms with Crippen molar-refractivity contribution >= 4 is 17.3 Å². The van der Waals surface area contributed by atoms with Gasteiger partial charge in [-0.25, -0.2) is 14.3 Å². The van der Waals surface area contributed by atoms with Gasteiger partial charge in [-0.15, -0.1) is 0 Å². The van der Waals surface area contributed by atoms with E-state index in [0.29, 0.717) is 23.4 Å². The number of nitrogens with zero attached hydrogens (tertiary/aromatic N) is 3. The summed E-state index contributed by atoms with van der Waals surface area (Å²) in [5, 5.41) is 12.8. The first kappa shape index (κ1) is 9.45. The molecule has 0 radical (unpaired) electrons. The quantitative estimate of drug-likeness (QED) is 0.749. The first-order valence-electron chi connectivity index (χ1n) is 4.50. The summed E-state index contributed by atoms with van der Waals surface area (Å²) in [5.74, 6) is -1.04. The average Bonchev–Trinajstić information content (AvgIpc) is 2.59. The van der Waals surface area contributed by atoms with Gasteiger partial charge in [0, 0.05) is 5.69 Å². The molecule has 0 atom stereocenters. The van der Waals surface area contributed by atoms with Gasteiger partial charge in [0.2, 0.25) is 0 Å². The van der Waals surface area contributed by atoms with Gasteiger partial charge in [-0.1, -0.05) is 6.92 Å². The van der Waals surface area contributed by atoms with Crippen molar-refractivity contribution in [2.45, 2.75) is 13.3 Å². The van der Waals surface area contributed by atoms with Crippen molar-refractivity contribution in [3.63, 3.8) is 0 Å². The number of hydrogen-bond acceptors (Lipinski definition) is 4. The second-order valence-electron chi connectivity index (χ2n) is 3.13. The fourth-order valence-electron chi connectivity index (χ4n) is 1.36. The van der Waals surface area contributed by atoms with E-state index in [0.717, 1.165) is 0 Å². The Hall–Kier alpha value is -2.11. The number of aromatic carboxylic acids is 1. The van der Waals surface area contributed by atoms with Crippen LogP contribution in [0.25, 0.3) is 5.65 Å². The number of carbonyl (C=O) groups is 1. The van der Waals surface area contributed by atoms with Crippen molar-refractivity contribution in [2.24, 2.45) is 0 Å². The molecule has 2 rings (SSSR count). The third-order valence-electron chi connectivity index (χ3n) is 2.13. The van der Waals surface area contributed by atoms with Crippen LogP contribution >= 0.6 is 0 Å². The van der Waals surface area contributed by atoms with Gasteiger partial charge in [-0.2, -0.15) is 5.10 Å². The minimum atomic E-state index is -1.04. The largest absolute Gasteiger partial charge is 0.477 e. The van der Waals surface area contributed by atoms with Crippen molar-refractivity contribution in [3.8, 4) is 0 Å². The molecule has 6 nitrogen and oxygen atoms in total. The molecule has 3 N–H and O–H groups in total. The topological polar surface area (TPSA) is 93.5 Å². The third kappa shape index (κ3) is 1.39. The Morgan fingerprint density at radius 3 is 3.00 bits per heavy atom. The van der Waals surface area contributed by atoms with Crippen LogP contribution in [0.3, 0.4) is 0 Å². The summed E-state index contributed by atoms with van der Waals surface area (Å²) >= 11 is 0. The van der Waals surface area contributed by atoms with Gasteiger partial charge in [0.15, 0.2) is 11.3 Å². The van der Waals surface area contributed by atoms with Crippen LogP contribution in [0.4, 0.5) is 5.69 Å². The highest BCUT2D eigenvalue weighted by Gasteiger charge is 2.13. The molecule has 6 heteroatoms. The Morgan fingerprint density at radius 1 is 1.67 bits per heavy atom. The van der Waals surface area contributed by atoms with Crippen LogP contribution in [0.2, 0.25) is 0 Å². The fourth-order valence-corrected chi connectivity index (χ4v) is 1.36. The molecule has 2 aromatic rings. The Balaban J connectivity index is 2.82. The van der Waals surface area contributed by atoms with Crippen LogP contribution < -0.4 is 5.73 Å².